The van der Waals surface area contributed by atoms with Crippen molar-refractivity contribution in [1.29, 1.82) is 0 Å². The van der Waals surface area contributed by atoms with Gasteiger partial charge >= 0.3 is 12.1 Å². The molecular formula is C33H47N3O7. The zero-order valence-electron chi connectivity index (χ0n) is 26.3. The van der Waals surface area contributed by atoms with Crippen LogP contribution in [-0.4, -0.2) is 65.7 Å². The number of aryl methyl sites for hydroxylation is 1. The summed E-state index contributed by atoms with van der Waals surface area (Å²) in [6.07, 6.45) is 3.90. The van der Waals surface area contributed by atoms with Gasteiger partial charge in [0.2, 0.25) is 11.8 Å². The van der Waals surface area contributed by atoms with Crippen LogP contribution in [0, 0.1) is 6.92 Å². The van der Waals surface area contributed by atoms with Gasteiger partial charge in [0.05, 0.1) is 7.11 Å². The van der Waals surface area contributed by atoms with E-state index in [-0.39, 0.29) is 25.3 Å². The molecule has 0 bridgehead atoms. The molecule has 10 nitrogen and oxygen atoms in total. The monoisotopic (exact) mass is 597 g/mol. The number of nitrogens with one attached hydrogen (secondary N) is 2. The first-order valence-electron chi connectivity index (χ1n) is 14.8. The highest BCUT2D eigenvalue weighted by Crippen LogP contribution is 2.25. The Balaban J connectivity index is 2.54. The molecule has 0 heterocycles. The highest BCUT2D eigenvalue weighted by molar-refractivity contribution is 5.93. The molecule has 2 atom stereocenters. The van der Waals surface area contributed by atoms with Crippen molar-refractivity contribution in [2.24, 2.45) is 0 Å². The molecule has 2 unspecified atom stereocenters. The molecule has 10 heteroatoms. The number of nitrogens with zero attached hydrogens (tertiary/aromatic N) is 1. The Kier molecular flexibility index (Phi) is 14.0. The Hall–Kier alpha value is -4.08. The van der Waals surface area contributed by atoms with E-state index in [1.54, 1.807) is 45.0 Å². The highest BCUT2D eigenvalue weighted by atomic mass is 16.6. The van der Waals surface area contributed by atoms with E-state index >= 15 is 0 Å². The lowest BCUT2D eigenvalue weighted by Gasteiger charge is -2.34. The zero-order valence-corrected chi connectivity index (χ0v) is 26.3. The molecule has 0 radical (unpaired) electrons. The van der Waals surface area contributed by atoms with Crippen LogP contribution in [-0.2, 0) is 30.3 Å². The number of hydrogen-bond acceptors (Lipinski definition) is 7. The summed E-state index contributed by atoms with van der Waals surface area (Å²) in [5.74, 6) is -1.57. The summed E-state index contributed by atoms with van der Waals surface area (Å²) >= 11 is 0. The molecule has 0 aliphatic rings. The van der Waals surface area contributed by atoms with E-state index in [2.05, 4.69) is 17.6 Å². The number of carbonyl (C=O) groups is 4. The maximum atomic E-state index is 14.5. The lowest BCUT2D eigenvalue weighted by atomic mass is 9.99. The number of hydrogen-bond donors (Lipinski definition) is 3. The molecule has 0 aliphatic carbocycles. The number of benzene rings is 2. The van der Waals surface area contributed by atoms with Crippen LogP contribution in [0.2, 0.25) is 0 Å². The molecule has 0 aliphatic heterocycles. The Morgan fingerprint density at radius 3 is 2.14 bits per heavy atom. The lowest BCUT2D eigenvalue weighted by Crippen LogP contribution is -2.54. The number of phenolic OH excluding ortho intramolecular Hbond substituents is 1. The first-order chi connectivity index (χ1) is 20.3. The van der Waals surface area contributed by atoms with Crippen LogP contribution < -0.4 is 10.6 Å². The highest BCUT2D eigenvalue weighted by Gasteiger charge is 2.36. The summed E-state index contributed by atoms with van der Waals surface area (Å²) in [5.41, 5.74) is 1.44. The molecule has 3 N–H and O–H groups in total. The third-order valence-corrected chi connectivity index (χ3v) is 6.74. The number of phenols is 1. The maximum Gasteiger partial charge on any atom is 0.408 e. The molecule has 2 aromatic carbocycles. The Morgan fingerprint density at radius 2 is 1.56 bits per heavy atom. The number of methoxy groups -OCH3 is 1. The van der Waals surface area contributed by atoms with Gasteiger partial charge in [-0.25, -0.2) is 4.79 Å². The summed E-state index contributed by atoms with van der Waals surface area (Å²) < 4.78 is 10.2. The number of alkyl carbamates (subject to hydrolysis) is 1. The lowest BCUT2D eigenvalue weighted by molar-refractivity contribution is -0.144. The van der Waals surface area contributed by atoms with Gasteiger partial charge in [0.15, 0.2) is 0 Å². The van der Waals surface area contributed by atoms with Crippen molar-refractivity contribution in [2.75, 3.05) is 20.2 Å². The van der Waals surface area contributed by atoms with Crippen molar-refractivity contribution in [3.63, 3.8) is 0 Å². The first kappa shape index (κ1) is 35.1. The topological polar surface area (TPSA) is 134 Å². The quantitative estimate of drug-likeness (QED) is 0.195. The van der Waals surface area contributed by atoms with Crippen molar-refractivity contribution in [3.05, 3.63) is 65.2 Å². The molecule has 0 saturated carbocycles. The van der Waals surface area contributed by atoms with Crippen molar-refractivity contribution in [1.82, 2.24) is 15.5 Å². The molecule has 2 rings (SSSR count). The molecule has 0 fully saturated rings. The molecule has 0 aromatic heterocycles. The molecular weight excluding hydrogens is 550 g/mol. The minimum Gasteiger partial charge on any atom is -0.508 e. The molecule has 0 saturated heterocycles. The van der Waals surface area contributed by atoms with Crippen LogP contribution in [0.15, 0.2) is 48.5 Å². The maximum absolute atomic E-state index is 14.5. The van der Waals surface area contributed by atoms with Gasteiger partial charge in [-0.1, -0.05) is 74.6 Å². The average Bonchev–Trinajstić information content (AvgIpc) is 2.95. The number of esters is 1. The Bertz CT molecular complexity index is 1190. The summed E-state index contributed by atoms with van der Waals surface area (Å²) in [4.78, 5) is 54.4. The van der Waals surface area contributed by atoms with Gasteiger partial charge in [0, 0.05) is 13.0 Å². The predicted molar refractivity (Wildman–Crippen MR) is 164 cm³/mol. The molecule has 3 amide bonds. The first-order valence-corrected chi connectivity index (χ1v) is 14.8. The fourth-order valence-electron chi connectivity index (χ4n) is 4.52. The number of aromatic hydroxyl groups is 1. The van der Waals surface area contributed by atoms with E-state index in [9.17, 15) is 24.3 Å². The number of ether oxygens (including phenoxy) is 2. The van der Waals surface area contributed by atoms with Gasteiger partial charge in [-0.3, -0.25) is 14.4 Å². The molecule has 236 valence electrons. The largest absolute Gasteiger partial charge is 0.508 e. The summed E-state index contributed by atoms with van der Waals surface area (Å²) in [7, 11) is 1.23. The van der Waals surface area contributed by atoms with E-state index in [1.165, 1.54) is 24.1 Å². The number of rotatable bonds is 15. The third-order valence-electron chi connectivity index (χ3n) is 6.74. The fourth-order valence-corrected chi connectivity index (χ4v) is 4.52. The SMILES string of the molecule is CCCCCCCN(C(=O)C(Cc1ccc(O)cc1)NC(=O)OC(C)(C)C)C(C(=O)NCC(=O)OC)c1ccc(C)cc1. The smallest absolute Gasteiger partial charge is 0.408 e. The van der Waals surface area contributed by atoms with Crippen LogP contribution >= 0.6 is 0 Å². The van der Waals surface area contributed by atoms with Crippen LogP contribution in [0.3, 0.4) is 0 Å². The summed E-state index contributed by atoms with van der Waals surface area (Å²) in [6, 6.07) is 11.5. The predicted octanol–water partition coefficient (Wildman–Crippen LogP) is 4.97. The van der Waals surface area contributed by atoms with Crippen molar-refractivity contribution in [3.8, 4) is 5.75 Å². The van der Waals surface area contributed by atoms with Crippen LogP contribution in [0.4, 0.5) is 4.79 Å². The van der Waals surface area contributed by atoms with E-state index in [0.717, 1.165) is 31.2 Å². The van der Waals surface area contributed by atoms with Crippen LogP contribution in [0.5, 0.6) is 5.75 Å². The average molecular weight is 598 g/mol. The number of unbranched alkanes of at least 4 members (excludes halogenated alkanes) is 4. The third kappa shape index (κ3) is 12.4. The van der Waals surface area contributed by atoms with Crippen molar-refractivity contribution >= 4 is 23.9 Å². The standard InChI is InChI=1S/C33H47N3O7/c1-7-8-9-10-11-20-36(29(25-16-12-23(2)13-17-25)30(39)34-22-28(38)42-6)31(40)27(35-32(41)43-33(3,4)5)21-24-14-18-26(37)19-15-24/h12-19,27,29,37H,7-11,20-22H2,1-6H3,(H,34,39)(H,35,41). The fraction of sp³-hybridized carbons (Fsp3) is 0.515. The second-order valence-electron chi connectivity index (χ2n) is 11.6. The molecule has 0 spiro atoms. The minimum atomic E-state index is -1.09. The molecule has 43 heavy (non-hydrogen) atoms. The summed E-state index contributed by atoms with van der Waals surface area (Å²) in [6.45, 7) is 9.11. The van der Waals surface area contributed by atoms with Gasteiger partial charge in [-0.2, -0.15) is 0 Å². The van der Waals surface area contributed by atoms with E-state index < -0.39 is 41.6 Å². The molecule has 2 aromatic rings. The van der Waals surface area contributed by atoms with E-state index in [4.69, 9.17) is 9.47 Å². The Labute approximate surface area is 255 Å². The van der Waals surface area contributed by atoms with Crippen LogP contribution in [0.1, 0.15) is 82.5 Å². The van der Waals surface area contributed by atoms with Gasteiger partial charge in [0.25, 0.3) is 0 Å². The van der Waals surface area contributed by atoms with E-state index in [0.29, 0.717) is 17.5 Å². The zero-order chi connectivity index (χ0) is 32.0. The summed E-state index contributed by atoms with van der Waals surface area (Å²) in [5, 5.41) is 15.1. The van der Waals surface area contributed by atoms with Gasteiger partial charge < -0.3 is 30.1 Å². The van der Waals surface area contributed by atoms with Gasteiger partial charge in [0.1, 0.15) is 30.0 Å². The van der Waals surface area contributed by atoms with Gasteiger partial charge in [-0.15, -0.1) is 0 Å². The number of carbonyl (C=O) groups excluding carboxylic acids is 4. The van der Waals surface area contributed by atoms with Crippen molar-refractivity contribution in [2.45, 2.75) is 90.8 Å². The van der Waals surface area contributed by atoms with Crippen LogP contribution in [0.25, 0.3) is 0 Å². The minimum absolute atomic E-state index is 0.0714. The van der Waals surface area contributed by atoms with E-state index in [1.807, 2.05) is 19.1 Å². The second kappa shape index (κ2) is 17.1. The second-order valence-corrected chi connectivity index (χ2v) is 11.6. The van der Waals surface area contributed by atoms with Crippen molar-refractivity contribution < 1.29 is 33.8 Å². The number of amides is 3. The normalized spacial score (nSPS) is 12.5. The van der Waals surface area contributed by atoms with Gasteiger partial charge in [-0.05, 0) is 57.4 Å². The Morgan fingerprint density at radius 1 is 0.930 bits per heavy atom.